The summed E-state index contributed by atoms with van der Waals surface area (Å²) in [5, 5.41) is 5.06. The molecule has 0 radical (unpaired) electrons. The molecule has 1 saturated heterocycles. The molecule has 1 saturated carbocycles. The van der Waals surface area contributed by atoms with E-state index in [9.17, 15) is 0 Å². The van der Waals surface area contributed by atoms with E-state index < -0.39 is 0 Å². The quantitative estimate of drug-likeness (QED) is 0.851. The summed E-state index contributed by atoms with van der Waals surface area (Å²) in [7, 11) is 0. The van der Waals surface area contributed by atoms with Gasteiger partial charge < -0.3 is 9.47 Å². The van der Waals surface area contributed by atoms with Gasteiger partial charge in [-0.3, -0.25) is 0 Å². The second-order valence-electron chi connectivity index (χ2n) is 5.47. The average Bonchev–Trinajstić information content (AvgIpc) is 2.82. The molecule has 0 N–H and O–H groups in total. The van der Waals surface area contributed by atoms with Crippen molar-refractivity contribution in [2.75, 3.05) is 13.2 Å². The fourth-order valence-electron chi connectivity index (χ4n) is 2.96. The zero-order chi connectivity index (χ0) is 13.1. The van der Waals surface area contributed by atoms with Crippen LogP contribution in [0.3, 0.4) is 0 Å². The Balaban J connectivity index is 1.67. The van der Waals surface area contributed by atoms with Gasteiger partial charge in [0.2, 0.25) is 0 Å². The maximum Gasteiger partial charge on any atom is 0.176 e. The molecule has 0 aromatic carbocycles. The van der Waals surface area contributed by atoms with Gasteiger partial charge in [0.1, 0.15) is 0 Å². The molecule has 2 aliphatic rings. The Morgan fingerprint density at radius 3 is 2.63 bits per heavy atom. The van der Waals surface area contributed by atoms with Crippen LogP contribution in [0.1, 0.15) is 51.0 Å². The highest BCUT2D eigenvalue weighted by Crippen LogP contribution is 2.33. The van der Waals surface area contributed by atoms with E-state index in [0.29, 0.717) is 17.3 Å². The molecular formula is C14H21ClN2O2. The minimum absolute atomic E-state index is 0.318. The van der Waals surface area contributed by atoms with Crippen LogP contribution in [0.2, 0.25) is 5.15 Å². The summed E-state index contributed by atoms with van der Waals surface area (Å²) >= 11 is 6.41. The van der Waals surface area contributed by atoms with Crippen LogP contribution in [-0.2, 0) is 4.74 Å². The zero-order valence-corrected chi connectivity index (χ0v) is 11.9. The van der Waals surface area contributed by atoms with Crippen molar-refractivity contribution < 1.29 is 9.47 Å². The fraction of sp³-hybridized carbons (Fsp3) is 0.786. The Kier molecular flexibility index (Phi) is 4.28. The number of hydrogen-bond donors (Lipinski definition) is 0. The van der Waals surface area contributed by atoms with Gasteiger partial charge in [-0.25, -0.2) is 4.68 Å². The molecule has 3 rings (SSSR count). The maximum absolute atomic E-state index is 6.41. The normalized spacial score (nSPS) is 22.6. The van der Waals surface area contributed by atoms with Crippen LogP contribution in [0.15, 0.2) is 6.20 Å². The second-order valence-corrected chi connectivity index (χ2v) is 5.82. The molecule has 0 atom stereocenters. The van der Waals surface area contributed by atoms with E-state index in [1.807, 2.05) is 4.68 Å². The largest absolute Gasteiger partial charge is 0.486 e. The monoisotopic (exact) mass is 284 g/mol. The van der Waals surface area contributed by atoms with Gasteiger partial charge in [0.15, 0.2) is 10.9 Å². The fourth-order valence-corrected chi connectivity index (χ4v) is 3.23. The first-order valence-corrected chi connectivity index (χ1v) is 7.70. The number of halogens is 1. The van der Waals surface area contributed by atoms with Crippen molar-refractivity contribution in [3.05, 3.63) is 11.3 Å². The summed E-state index contributed by atoms with van der Waals surface area (Å²) in [4.78, 5) is 0. The lowest BCUT2D eigenvalue weighted by atomic mass is 9.98. The standard InChI is InChI=1S/C14H21ClN2O2/c15-14-13(19-12-4-2-1-3-5-12)10-16-17(14)11-6-8-18-9-7-11/h10-12H,1-9H2. The van der Waals surface area contributed by atoms with Crippen molar-refractivity contribution in [1.29, 1.82) is 0 Å². The molecule has 2 fully saturated rings. The van der Waals surface area contributed by atoms with E-state index in [2.05, 4.69) is 5.10 Å². The Morgan fingerprint density at radius 1 is 1.16 bits per heavy atom. The van der Waals surface area contributed by atoms with E-state index in [-0.39, 0.29) is 0 Å². The summed E-state index contributed by atoms with van der Waals surface area (Å²) in [6.45, 7) is 1.58. The van der Waals surface area contributed by atoms with Gasteiger partial charge in [-0.15, -0.1) is 0 Å². The second kappa shape index (κ2) is 6.14. The highest BCUT2D eigenvalue weighted by molar-refractivity contribution is 6.31. The minimum Gasteiger partial charge on any atom is -0.486 e. The Bertz CT molecular complexity index is 410. The number of nitrogens with zero attached hydrogens (tertiary/aromatic N) is 2. The summed E-state index contributed by atoms with van der Waals surface area (Å²) in [5.41, 5.74) is 0. The van der Waals surface area contributed by atoms with Crippen LogP contribution < -0.4 is 4.74 Å². The summed E-state index contributed by atoms with van der Waals surface area (Å²) in [6.07, 6.45) is 10.2. The zero-order valence-electron chi connectivity index (χ0n) is 11.2. The molecule has 1 aromatic rings. The van der Waals surface area contributed by atoms with E-state index in [0.717, 1.165) is 44.6 Å². The highest BCUT2D eigenvalue weighted by Gasteiger charge is 2.23. The van der Waals surface area contributed by atoms with Crippen LogP contribution in [0.25, 0.3) is 0 Å². The van der Waals surface area contributed by atoms with E-state index in [1.165, 1.54) is 19.3 Å². The van der Waals surface area contributed by atoms with Gasteiger partial charge in [-0.1, -0.05) is 18.0 Å². The number of hydrogen-bond acceptors (Lipinski definition) is 3. The molecule has 0 spiro atoms. The maximum atomic E-state index is 6.41. The Morgan fingerprint density at radius 2 is 1.89 bits per heavy atom. The van der Waals surface area contributed by atoms with Gasteiger partial charge in [-0.2, -0.15) is 5.10 Å². The van der Waals surface area contributed by atoms with Crippen LogP contribution in [0.4, 0.5) is 0 Å². The molecule has 0 amide bonds. The highest BCUT2D eigenvalue weighted by atomic mass is 35.5. The smallest absolute Gasteiger partial charge is 0.176 e. The molecule has 1 aromatic heterocycles. The Hall–Kier alpha value is -0.740. The van der Waals surface area contributed by atoms with Crippen LogP contribution in [0, 0.1) is 0 Å². The predicted octanol–water partition coefficient (Wildman–Crippen LogP) is 3.60. The molecule has 2 heterocycles. The number of aromatic nitrogens is 2. The van der Waals surface area contributed by atoms with Gasteiger partial charge in [0.05, 0.1) is 18.3 Å². The molecular weight excluding hydrogens is 264 g/mol. The molecule has 5 heteroatoms. The van der Waals surface area contributed by atoms with E-state index >= 15 is 0 Å². The van der Waals surface area contributed by atoms with E-state index in [1.54, 1.807) is 6.20 Å². The van der Waals surface area contributed by atoms with Crippen molar-refractivity contribution >= 4 is 11.6 Å². The summed E-state index contributed by atoms with van der Waals surface area (Å²) in [5.74, 6) is 0.750. The van der Waals surface area contributed by atoms with Gasteiger partial charge in [0, 0.05) is 13.2 Å². The first-order valence-electron chi connectivity index (χ1n) is 7.32. The van der Waals surface area contributed by atoms with Crippen molar-refractivity contribution in [2.45, 2.75) is 57.1 Å². The summed E-state index contributed by atoms with van der Waals surface area (Å²) < 4.78 is 13.3. The third-order valence-electron chi connectivity index (χ3n) is 4.09. The molecule has 0 bridgehead atoms. The third kappa shape index (κ3) is 3.06. The van der Waals surface area contributed by atoms with E-state index in [4.69, 9.17) is 21.1 Å². The minimum atomic E-state index is 0.318. The number of rotatable bonds is 3. The first kappa shape index (κ1) is 13.3. The molecule has 1 aliphatic carbocycles. The molecule has 1 aliphatic heterocycles. The lowest BCUT2D eigenvalue weighted by Gasteiger charge is -2.24. The lowest BCUT2D eigenvalue weighted by Crippen LogP contribution is -2.21. The molecule has 19 heavy (non-hydrogen) atoms. The predicted molar refractivity (Wildman–Crippen MR) is 73.8 cm³/mol. The van der Waals surface area contributed by atoms with Gasteiger partial charge in [-0.05, 0) is 38.5 Å². The van der Waals surface area contributed by atoms with Gasteiger partial charge >= 0.3 is 0 Å². The van der Waals surface area contributed by atoms with Crippen molar-refractivity contribution in [3.8, 4) is 5.75 Å². The summed E-state index contributed by atoms with van der Waals surface area (Å²) in [6, 6.07) is 0.352. The molecule has 4 nitrogen and oxygen atoms in total. The van der Waals surface area contributed by atoms with Crippen molar-refractivity contribution in [2.24, 2.45) is 0 Å². The first-order chi connectivity index (χ1) is 9.34. The van der Waals surface area contributed by atoms with Gasteiger partial charge in [0.25, 0.3) is 0 Å². The lowest BCUT2D eigenvalue weighted by molar-refractivity contribution is 0.0661. The topological polar surface area (TPSA) is 36.3 Å². The van der Waals surface area contributed by atoms with Crippen LogP contribution >= 0.6 is 11.6 Å². The van der Waals surface area contributed by atoms with Crippen LogP contribution in [-0.4, -0.2) is 29.1 Å². The molecule has 106 valence electrons. The van der Waals surface area contributed by atoms with Crippen molar-refractivity contribution in [1.82, 2.24) is 9.78 Å². The number of ether oxygens (including phenoxy) is 2. The molecule has 0 unspecified atom stereocenters. The SMILES string of the molecule is Clc1c(OC2CCCCC2)cnn1C1CCOCC1. The van der Waals surface area contributed by atoms with Crippen LogP contribution in [0.5, 0.6) is 5.75 Å². The Labute approximate surface area is 119 Å². The third-order valence-corrected chi connectivity index (χ3v) is 4.45. The average molecular weight is 285 g/mol. The van der Waals surface area contributed by atoms with Crippen molar-refractivity contribution in [3.63, 3.8) is 0 Å².